The lowest BCUT2D eigenvalue weighted by Crippen LogP contribution is -2.58. The average molecular weight is 271 g/mol. The Morgan fingerprint density at radius 2 is 2.15 bits per heavy atom. The fourth-order valence-corrected chi connectivity index (χ4v) is 3.30. The summed E-state index contributed by atoms with van der Waals surface area (Å²) in [6.07, 6.45) is 2.18. The van der Waals surface area contributed by atoms with Crippen LogP contribution in [0.2, 0.25) is 0 Å². The molecule has 0 aliphatic carbocycles. The lowest BCUT2D eigenvalue weighted by atomic mass is 10.1. The molecule has 5 nitrogen and oxygen atoms in total. The summed E-state index contributed by atoms with van der Waals surface area (Å²) in [5.74, 6) is 0.195. The Labute approximate surface area is 117 Å². The molecule has 4 rings (SSSR count). The topological polar surface area (TPSA) is 49.6 Å². The van der Waals surface area contributed by atoms with Crippen LogP contribution in [0.3, 0.4) is 0 Å². The predicted molar refractivity (Wildman–Crippen MR) is 75.6 cm³/mol. The number of amides is 1. The van der Waals surface area contributed by atoms with Gasteiger partial charge in [0.2, 0.25) is 5.91 Å². The third-order valence-electron chi connectivity index (χ3n) is 4.42. The van der Waals surface area contributed by atoms with Gasteiger partial charge in [0.15, 0.2) is 5.58 Å². The molecule has 2 aromatic rings. The van der Waals surface area contributed by atoms with Crippen LogP contribution in [0.4, 0.5) is 6.01 Å². The highest BCUT2D eigenvalue weighted by Gasteiger charge is 2.41. The van der Waals surface area contributed by atoms with E-state index in [1.807, 2.05) is 41.0 Å². The second-order valence-corrected chi connectivity index (χ2v) is 5.62. The highest BCUT2D eigenvalue weighted by molar-refractivity contribution is 5.87. The molecule has 2 saturated heterocycles. The van der Waals surface area contributed by atoms with E-state index < -0.39 is 0 Å². The van der Waals surface area contributed by atoms with E-state index in [0.717, 1.165) is 37.0 Å². The summed E-state index contributed by atoms with van der Waals surface area (Å²) in [4.78, 5) is 21.0. The highest BCUT2D eigenvalue weighted by Crippen LogP contribution is 2.30. The summed E-state index contributed by atoms with van der Waals surface area (Å²) in [6.45, 7) is 3.65. The van der Waals surface area contributed by atoms with Crippen molar-refractivity contribution in [3.8, 4) is 0 Å². The molecule has 1 aromatic heterocycles. The van der Waals surface area contributed by atoms with E-state index in [1.54, 1.807) is 0 Å². The number of oxazole rings is 1. The molecule has 2 aliphatic heterocycles. The molecule has 2 aliphatic rings. The zero-order chi connectivity index (χ0) is 13.7. The Bertz CT molecular complexity index is 633. The van der Waals surface area contributed by atoms with Gasteiger partial charge in [0, 0.05) is 19.1 Å². The molecule has 0 N–H and O–H groups in total. The van der Waals surface area contributed by atoms with E-state index in [2.05, 4.69) is 4.98 Å². The average Bonchev–Trinajstić information content (AvgIpc) is 3.08. The zero-order valence-electron chi connectivity index (χ0n) is 11.5. The first kappa shape index (κ1) is 11.8. The summed E-state index contributed by atoms with van der Waals surface area (Å²) in [6, 6.07) is 8.40. The summed E-state index contributed by atoms with van der Waals surface area (Å²) in [7, 11) is 0. The minimum atomic E-state index is -0.197. The Hall–Kier alpha value is -2.04. The van der Waals surface area contributed by atoms with Crippen molar-refractivity contribution in [3.63, 3.8) is 0 Å². The zero-order valence-corrected chi connectivity index (χ0v) is 11.5. The second kappa shape index (κ2) is 4.23. The Morgan fingerprint density at radius 3 is 3.00 bits per heavy atom. The van der Waals surface area contributed by atoms with Crippen LogP contribution in [-0.4, -0.2) is 41.0 Å². The molecule has 0 bridgehead atoms. The molecule has 0 unspecified atom stereocenters. The number of rotatable bonds is 1. The van der Waals surface area contributed by atoms with Crippen molar-refractivity contribution in [1.82, 2.24) is 9.88 Å². The number of hydrogen-bond acceptors (Lipinski definition) is 4. The maximum absolute atomic E-state index is 12.4. The molecule has 20 heavy (non-hydrogen) atoms. The van der Waals surface area contributed by atoms with Crippen molar-refractivity contribution >= 4 is 23.0 Å². The van der Waals surface area contributed by atoms with Crippen LogP contribution in [0.1, 0.15) is 19.8 Å². The van der Waals surface area contributed by atoms with Gasteiger partial charge in [-0.05, 0) is 31.9 Å². The van der Waals surface area contributed by atoms with Crippen molar-refractivity contribution < 1.29 is 9.21 Å². The van der Waals surface area contributed by atoms with Crippen molar-refractivity contribution in [3.05, 3.63) is 24.3 Å². The number of piperazine rings is 1. The largest absolute Gasteiger partial charge is 0.423 e. The van der Waals surface area contributed by atoms with Crippen molar-refractivity contribution in [2.45, 2.75) is 31.8 Å². The number of carbonyl (C=O) groups is 1. The van der Waals surface area contributed by atoms with Crippen LogP contribution in [0.5, 0.6) is 0 Å². The molecular formula is C15H17N3O2. The molecule has 5 heteroatoms. The van der Waals surface area contributed by atoms with E-state index in [1.165, 1.54) is 0 Å². The minimum absolute atomic E-state index is 0.195. The number of para-hydroxylation sites is 2. The van der Waals surface area contributed by atoms with E-state index in [4.69, 9.17) is 4.42 Å². The van der Waals surface area contributed by atoms with E-state index >= 15 is 0 Å². The molecule has 0 saturated carbocycles. The smallest absolute Gasteiger partial charge is 0.299 e. The number of anilines is 1. The molecule has 2 atom stereocenters. The van der Waals surface area contributed by atoms with Gasteiger partial charge in [0.25, 0.3) is 6.01 Å². The first-order chi connectivity index (χ1) is 9.74. The number of fused-ring (bicyclic) bond motifs is 2. The third kappa shape index (κ3) is 1.62. The van der Waals surface area contributed by atoms with E-state index in [-0.39, 0.29) is 11.9 Å². The van der Waals surface area contributed by atoms with Gasteiger partial charge in [-0.1, -0.05) is 12.1 Å². The molecule has 0 spiro atoms. The van der Waals surface area contributed by atoms with Gasteiger partial charge in [-0.15, -0.1) is 0 Å². The maximum Gasteiger partial charge on any atom is 0.299 e. The van der Waals surface area contributed by atoms with Crippen LogP contribution in [0.15, 0.2) is 28.7 Å². The van der Waals surface area contributed by atoms with Gasteiger partial charge in [0.1, 0.15) is 11.6 Å². The van der Waals surface area contributed by atoms with Crippen molar-refractivity contribution in [2.75, 3.05) is 18.0 Å². The first-order valence-corrected chi connectivity index (χ1v) is 7.17. The quantitative estimate of drug-likeness (QED) is 0.796. The number of hydrogen-bond donors (Lipinski definition) is 0. The first-order valence-electron chi connectivity index (χ1n) is 7.17. The molecule has 104 valence electrons. The predicted octanol–water partition coefficient (Wildman–Crippen LogP) is 2.03. The van der Waals surface area contributed by atoms with E-state index in [9.17, 15) is 4.79 Å². The fourth-order valence-electron chi connectivity index (χ4n) is 3.30. The van der Waals surface area contributed by atoms with Gasteiger partial charge in [-0.25, -0.2) is 0 Å². The van der Waals surface area contributed by atoms with Gasteiger partial charge < -0.3 is 14.2 Å². The third-order valence-corrected chi connectivity index (χ3v) is 4.42. The number of benzene rings is 1. The lowest BCUT2D eigenvalue weighted by molar-refractivity contribution is -0.135. The normalized spacial score (nSPS) is 26.4. The van der Waals surface area contributed by atoms with Gasteiger partial charge >= 0.3 is 0 Å². The van der Waals surface area contributed by atoms with Gasteiger partial charge in [-0.2, -0.15) is 4.98 Å². The van der Waals surface area contributed by atoms with Crippen LogP contribution < -0.4 is 4.90 Å². The monoisotopic (exact) mass is 271 g/mol. The minimum Gasteiger partial charge on any atom is -0.423 e. The summed E-state index contributed by atoms with van der Waals surface area (Å²) in [5.41, 5.74) is 1.62. The molecule has 3 heterocycles. The van der Waals surface area contributed by atoms with Crippen molar-refractivity contribution in [2.24, 2.45) is 0 Å². The summed E-state index contributed by atoms with van der Waals surface area (Å²) < 4.78 is 5.82. The number of aromatic nitrogens is 1. The van der Waals surface area contributed by atoms with E-state index in [0.29, 0.717) is 12.1 Å². The molecule has 0 radical (unpaired) electrons. The fraction of sp³-hybridized carbons (Fsp3) is 0.467. The standard InChI is InChI=1S/C15H17N3O2/c1-10-14(19)17-8-4-5-11(17)9-18(10)15-16-12-6-2-3-7-13(12)20-15/h2-3,6-7,10-11H,4-5,8-9H2,1H3/t10-,11+/m1/s1. The van der Waals surface area contributed by atoms with Gasteiger partial charge in [0.05, 0.1) is 0 Å². The molecule has 1 amide bonds. The molecular weight excluding hydrogens is 254 g/mol. The number of carbonyl (C=O) groups excluding carboxylic acids is 1. The lowest BCUT2D eigenvalue weighted by Gasteiger charge is -2.40. The maximum atomic E-state index is 12.4. The van der Waals surface area contributed by atoms with Crippen LogP contribution in [0, 0.1) is 0 Å². The Kier molecular flexibility index (Phi) is 2.49. The van der Waals surface area contributed by atoms with Crippen LogP contribution in [0.25, 0.3) is 11.1 Å². The van der Waals surface area contributed by atoms with Gasteiger partial charge in [-0.3, -0.25) is 4.79 Å². The van der Waals surface area contributed by atoms with Crippen LogP contribution in [-0.2, 0) is 4.79 Å². The molecule has 1 aromatic carbocycles. The van der Waals surface area contributed by atoms with Crippen LogP contribution >= 0.6 is 0 Å². The SMILES string of the molecule is C[C@@H]1C(=O)N2CCC[C@H]2CN1c1nc2ccccc2o1. The number of nitrogens with zero attached hydrogens (tertiary/aromatic N) is 3. The Balaban J connectivity index is 1.71. The second-order valence-electron chi connectivity index (χ2n) is 5.62. The summed E-state index contributed by atoms with van der Waals surface area (Å²) in [5, 5.41) is 0. The summed E-state index contributed by atoms with van der Waals surface area (Å²) >= 11 is 0. The highest BCUT2D eigenvalue weighted by atomic mass is 16.4. The van der Waals surface area contributed by atoms with Crippen molar-refractivity contribution in [1.29, 1.82) is 0 Å². The Morgan fingerprint density at radius 1 is 1.30 bits per heavy atom. The molecule has 2 fully saturated rings.